The smallest absolute Gasteiger partial charge is 0.251 e. The molecule has 1 amide bonds. The molecule has 0 saturated heterocycles. The third kappa shape index (κ3) is 6.02. The van der Waals surface area contributed by atoms with Crippen molar-refractivity contribution < 1.29 is 13.7 Å². The molecule has 1 rings (SSSR count). The van der Waals surface area contributed by atoms with Gasteiger partial charge < -0.3 is 9.80 Å². The van der Waals surface area contributed by atoms with Gasteiger partial charge in [-0.1, -0.05) is 25.4 Å². The van der Waals surface area contributed by atoms with Crippen LogP contribution in [0.15, 0.2) is 12.1 Å². The predicted molar refractivity (Wildman–Crippen MR) is 85.2 cm³/mol. The van der Waals surface area contributed by atoms with Crippen LogP contribution in [0.2, 0.25) is 5.02 Å². The Morgan fingerprint density at radius 2 is 1.95 bits per heavy atom. The molecule has 0 aliphatic rings. The highest BCUT2D eigenvalue weighted by atomic mass is 35.5. The Bertz CT molecular complexity index is 486. The minimum absolute atomic E-state index is 0.270. The number of halogens is 2. The summed E-state index contributed by atoms with van der Waals surface area (Å²) in [5, 5.41) is 3.11. The van der Waals surface area contributed by atoms with Gasteiger partial charge in [0.15, 0.2) is 0 Å². The van der Waals surface area contributed by atoms with Crippen LogP contribution in [-0.4, -0.2) is 44.6 Å². The first-order valence-corrected chi connectivity index (χ1v) is 7.54. The van der Waals surface area contributed by atoms with Crippen molar-refractivity contribution in [3.63, 3.8) is 0 Å². The van der Waals surface area contributed by atoms with Crippen molar-refractivity contribution in [2.75, 3.05) is 34.2 Å². The Morgan fingerprint density at radius 1 is 1.33 bits per heavy atom. The Labute approximate surface area is 131 Å². The van der Waals surface area contributed by atoms with Gasteiger partial charge in [0.05, 0.1) is 34.2 Å². The summed E-state index contributed by atoms with van der Waals surface area (Å²) in [6.07, 6.45) is 0.564. The van der Waals surface area contributed by atoms with E-state index in [0.717, 1.165) is 11.0 Å². The summed E-state index contributed by atoms with van der Waals surface area (Å²) in [7, 11) is 6.14. The number of benzene rings is 1. The van der Waals surface area contributed by atoms with Crippen LogP contribution in [0.3, 0.4) is 0 Å². The molecule has 0 bridgehead atoms. The van der Waals surface area contributed by atoms with Crippen molar-refractivity contribution >= 4 is 17.5 Å². The zero-order valence-corrected chi connectivity index (χ0v) is 14.2. The van der Waals surface area contributed by atoms with E-state index in [0.29, 0.717) is 29.5 Å². The molecule has 0 aliphatic carbocycles. The molecule has 21 heavy (non-hydrogen) atoms. The van der Waals surface area contributed by atoms with Crippen LogP contribution in [0, 0.1) is 11.7 Å². The van der Waals surface area contributed by atoms with Gasteiger partial charge in [0, 0.05) is 16.1 Å². The summed E-state index contributed by atoms with van der Waals surface area (Å²) in [6.45, 7) is 5.34. The molecule has 1 aromatic rings. The lowest BCUT2D eigenvalue weighted by Crippen LogP contribution is -2.41. The van der Waals surface area contributed by atoms with Gasteiger partial charge in [0.1, 0.15) is 5.82 Å². The first-order valence-electron chi connectivity index (χ1n) is 7.16. The van der Waals surface area contributed by atoms with Crippen LogP contribution in [0.5, 0.6) is 0 Å². The number of hydrogen-bond acceptors (Lipinski definition) is 1. The maximum Gasteiger partial charge on any atom is 0.251 e. The van der Waals surface area contributed by atoms with Crippen molar-refractivity contribution in [2.45, 2.75) is 20.3 Å². The van der Waals surface area contributed by atoms with Crippen LogP contribution in [0.25, 0.3) is 0 Å². The summed E-state index contributed by atoms with van der Waals surface area (Å²) in [5.41, 5.74) is 0.751. The number of nitrogens with zero attached hydrogens (tertiary/aromatic N) is 1. The molecule has 1 aromatic carbocycles. The Kier molecular flexibility index (Phi) is 6.17. The summed E-state index contributed by atoms with van der Waals surface area (Å²) in [6, 6.07) is 2.81. The summed E-state index contributed by atoms with van der Waals surface area (Å²) in [5.74, 6) is -0.394. The quantitative estimate of drug-likeness (QED) is 0.803. The Hall–Kier alpha value is -1.13. The molecule has 3 nitrogen and oxygen atoms in total. The van der Waals surface area contributed by atoms with E-state index in [1.54, 1.807) is 6.07 Å². The van der Waals surface area contributed by atoms with Crippen LogP contribution >= 0.6 is 11.6 Å². The van der Waals surface area contributed by atoms with E-state index in [1.165, 1.54) is 6.07 Å². The van der Waals surface area contributed by atoms with E-state index in [-0.39, 0.29) is 11.5 Å². The molecule has 0 heterocycles. The third-order valence-electron chi connectivity index (χ3n) is 3.08. The van der Waals surface area contributed by atoms with Crippen LogP contribution in [0.1, 0.15) is 29.8 Å². The van der Waals surface area contributed by atoms with Crippen molar-refractivity contribution in [3.8, 4) is 0 Å². The lowest BCUT2D eigenvalue weighted by atomic mass is 10.0. The molecular weight excluding hydrogens is 291 g/mol. The highest BCUT2D eigenvalue weighted by Gasteiger charge is 2.15. The average Bonchev–Trinajstić information content (AvgIpc) is 2.31. The first kappa shape index (κ1) is 17.9. The van der Waals surface area contributed by atoms with Crippen molar-refractivity contribution in [3.05, 3.63) is 34.1 Å². The molecule has 1 N–H and O–H groups in total. The van der Waals surface area contributed by atoms with E-state index < -0.39 is 5.82 Å². The van der Waals surface area contributed by atoms with E-state index >= 15 is 0 Å². The highest BCUT2D eigenvalue weighted by Crippen LogP contribution is 2.24. The normalized spacial score (nSPS) is 11.8. The number of likely N-dealkylation sites (N-methyl/N-ethyl adjacent to an activating group) is 1. The van der Waals surface area contributed by atoms with E-state index in [4.69, 9.17) is 11.6 Å². The molecule has 0 fully saturated rings. The number of quaternary nitrogens is 1. The number of carbonyl (C=O) groups excluding carboxylic acids is 1. The van der Waals surface area contributed by atoms with Gasteiger partial charge >= 0.3 is 0 Å². The molecule has 5 heteroatoms. The number of hydrogen-bond donors (Lipinski definition) is 1. The topological polar surface area (TPSA) is 29.1 Å². The van der Waals surface area contributed by atoms with E-state index in [2.05, 4.69) is 5.32 Å². The van der Waals surface area contributed by atoms with Crippen molar-refractivity contribution in [2.24, 2.45) is 5.92 Å². The van der Waals surface area contributed by atoms with Crippen molar-refractivity contribution in [1.82, 2.24) is 5.32 Å². The Morgan fingerprint density at radius 3 is 2.43 bits per heavy atom. The average molecular weight is 316 g/mol. The molecule has 118 valence electrons. The molecule has 0 radical (unpaired) electrons. The minimum Gasteiger partial charge on any atom is -0.346 e. The second-order valence-corrected chi connectivity index (χ2v) is 7.19. The van der Waals surface area contributed by atoms with Gasteiger partial charge in [-0.3, -0.25) is 4.79 Å². The zero-order chi connectivity index (χ0) is 16.2. The molecule has 0 aromatic heterocycles. The monoisotopic (exact) mass is 315 g/mol. The van der Waals surface area contributed by atoms with Crippen LogP contribution in [-0.2, 0) is 6.42 Å². The highest BCUT2D eigenvalue weighted by molar-refractivity contribution is 6.31. The van der Waals surface area contributed by atoms with E-state index in [9.17, 15) is 9.18 Å². The van der Waals surface area contributed by atoms with Gasteiger partial charge in [-0.05, 0) is 24.5 Å². The fourth-order valence-corrected chi connectivity index (χ4v) is 2.23. The second kappa shape index (κ2) is 7.23. The number of rotatable bonds is 6. The summed E-state index contributed by atoms with van der Waals surface area (Å²) in [4.78, 5) is 12.0. The molecule has 0 unspecified atom stereocenters. The second-order valence-electron chi connectivity index (χ2n) is 6.79. The molecule has 0 spiro atoms. The van der Waals surface area contributed by atoms with Gasteiger partial charge in [-0.2, -0.15) is 0 Å². The fourth-order valence-electron chi connectivity index (χ4n) is 1.94. The van der Waals surface area contributed by atoms with Crippen LogP contribution < -0.4 is 5.32 Å². The lowest BCUT2D eigenvalue weighted by Gasteiger charge is -2.23. The SMILES string of the molecule is CC(C)Cc1c(F)cc(C(=O)NCC[N+](C)(C)C)cc1Cl. The Balaban J connectivity index is 2.78. The minimum atomic E-state index is -0.409. The van der Waals surface area contributed by atoms with Gasteiger partial charge in [-0.15, -0.1) is 0 Å². The molecule has 0 saturated carbocycles. The number of amides is 1. The third-order valence-corrected chi connectivity index (χ3v) is 3.42. The predicted octanol–water partition coefficient (Wildman–Crippen LogP) is 3.11. The van der Waals surface area contributed by atoms with Crippen LogP contribution in [0.4, 0.5) is 4.39 Å². The largest absolute Gasteiger partial charge is 0.346 e. The molecular formula is C16H25ClFN2O+. The molecule has 0 aliphatic heterocycles. The van der Waals surface area contributed by atoms with E-state index in [1.807, 2.05) is 35.0 Å². The van der Waals surface area contributed by atoms with Gasteiger partial charge in [-0.25, -0.2) is 4.39 Å². The summed E-state index contributed by atoms with van der Waals surface area (Å²) >= 11 is 6.11. The summed E-state index contributed by atoms with van der Waals surface area (Å²) < 4.78 is 14.8. The van der Waals surface area contributed by atoms with Gasteiger partial charge in [0.2, 0.25) is 0 Å². The maximum absolute atomic E-state index is 14.1. The van der Waals surface area contributed by atoms with Crippen molar-refractivity contribution in [1.29, 1.82) is 0 Å². The number of carbonyl (C=O) groups is 1. The standard InChI is InChI=1S/C16H24ClFN2O/c1-11(2)8-13-14(17)9-12(10-15(13)18)16(21)19-6-7-20(3,4)5/h9-11H,6-8H2,1-5H3/p+1. The lowest BCUT2D eigenvalue weighted by molar-refractivity contribution is -0.869. The fraction of sp³-hybridized carbons (Fsp3) is 0.562. The van der Waals surface area contributed by atoms with Gasteiger partial charge in [0.25, 0.3) is 5.91 Å². The molecule has 0 atom stereocenters. The maximum atomic E-state index is 14.1. The first-order chi connectivity index (χ1) is 9.60. The zero-order valence-electron chi connectivity index (χ0n) is 13.5. The number of nitrogens with one attached hydrogen (secondary N) is 1.